The SMILES string of the molecule is COc1ccccc1N1C(=O)/C(=C\c2cc(-c3ccccc3)n(-c3ccc(Cl)cc3)c2-c2ccccc2)C(=O)NC1=S. The fraction of sp³-hybridized carbons (Fsp3) is 0.0294. The second-order valence-corrected chi connectivity index (χ2v) is 10.3. The van der Waals surface area contributed by atoms with E-state index in [-0.39, 0.29) is 10.7 Å². The molecular weight excluding hydrogens is 566 g/mol. The summed E-state index contributed by atoms with van der Waals surface area (Å²) in [5.41, 5.74) is 5.49. The van der Waals surface area contributed by atoms with E-state index in [1.807, 2.05) is 91.0 Å². The zero-order valence-electron chi connectivity index (χ0n) is 22.5. The van der Waals surface area contributed by atoms with E-state index in [0.29, 0.717) is 22.0 Å². The highest BCUT2D eigenvalue weighted by Crippen LogP contribution is 2.38. The predicted molar refractivity (Wildman–Crippen MR) is 171 cm³/mol. The molecule has 6 rings (SSSR count). The van der Waals surface area contributed by atoms with Crippen LogP contribution in [-0.4, -0.2) is 28.6 Å². The number of aromatic nitrogens is 1. The minimum absolute atomic E-state index is 0.0151. The van der Waals surface area contributed by atoms with Crippen LogP contribution >= 0.6 is 23.8 Å². The summed E-state index contributed by atoms with van der Waals surface area (Å²) >= 11 is 11.7. The Bertz CT molecular complexity index is 1850. The van der Waals surface area contributed by atoms with E-state index in [1.54, 1.807) is 30.3 Å². The minimum Gasteiger partial charge on any atom is -0.495 e. The molecule has 0 unspecified atom stereocenters. The molecule has 0 bridgehead atoms. The maximum absolute atomic E-state index is 14.0. The van der Waals surface area contributed by atoms with Crippen LogP contribution in [0.1, 0.15) is 5.56 Å². The van der Waals surface area contributed by atoms with Crippen LogP contribution in [0.15, 0.2) is 121 Å². The number of methoxy groups -OCH3 is 1. The van der Waals surface area contributed by atoms with Crippen molar-refractivity contribution in [3.05, 3.63) is 131 Å². The molecule has 2 heterocycles. The molecule has 0 radical (unpaired) electrons. The number of hydrogen-bond acceptors (Lipinski definition) is 4. The summed E-state index contributed by atoms with van der Waals surface area (Å²) in [6, 6.07) is 36.4. The van der Waals surface area contributed by atoms with Crippen LogP contribution in [0.3, 0.4) is 0 Å². The summed E-state index contributed by atoms with van der Waals surface area (Å²) in [5, 5.41) is 3.29. The molecule has 1 aliphatic heterocycles. The van der Waals surface area contributed by atoms with Crippen molar-refractivity contribution in [1.29, 1.82) is 0 Å². The second kappa shape index (κ2) is 11.5. The van der Waals surface area contributed by atoms with Gasteiger partial charge in [-0.05, 0) is 71.9 Å². The molecule has 8 heteroatoms. The first-order valence-electron chi connectivity index (χ1n) is 13.1. The Morgan fingerprint density at radius 3 is 2.10 bits per heavy atom. The Morgan fingerprint density at radius 2 is 1.43 bits per heavy atom. The number of hydrogen-bond donors (Lipinski definition) is 1. The normalized spacial score (nSPS) is 14.3. The number of thiocarbonyl (C=S) groups is 1. The lowest BCUT2D eigenvalue weighted by atomic mass is 10.0. The standard InChI is InChI=1S/C34H24ClN3O3S/c1-41-30-15-9-8-14-28(30)38-33(40)27(32(39)36-34(38)42)20-24-21-29(22-10-4-2-5-11-22)37(26-18-16-25(35)17-19-26)31(24)23-12-6-3-7-13-23/h2-21H,1H3,(H,36,39,42)/b27-20-. The van der Waals surface area contributed by atoms with Crippen molar-refractivity contribution in [3.63, 3.8) is 0 Å². The highest BCUT2D eigenvalue weighted by Gasteiger charge is 2.36. The average Bonchev–Trinajstić information content (AvgIpc) is 3.40. The largest absolute Gasteiger partial charge is 0.495 e. The molecule has 2 amide bonds. The van der Waals surface area contributed by atoms with Gasteiger partial charge in [0.05, 0.1) is 24.2 Å². The third-order valence-corrected chi connectivity index (χ3v) is 7.50. The summed E-state index contributed by atoms with van der Waals surface area (Å²) in [7, 11) is 1.52. The summed E-state index contributed by atoms with van der Waals surface area (Å²) in [5.74, 6) is -0.669. The van der Waals surface area contributed by atoms with Crippen molar-refractivity contribution < 1.29 is 14.3 Å². The molecule has 1 saturated heterocycles. The van der Waals surface area contributed by atoms with Crippen molar-refractivity contribution in [3.8, 4) is 34.0 Å². The van der Waals surface area contributed by atoms with E-state index in [4.69, 9.17) is 28.6 Å². The summed E-state index contributed by atoms with van der Waals surface area (Å²) in [6.07, 6.45) is 1.63. The zero-order chi connectivity index (χ0) is 29.2. The molecular formula is C34H24ClN3O3S. The lowest BCUT2D eigenvalue weighted by Crippen LogP contribution is -2.54. The first-order chi connectivity index (χ1) is 20.5. The maximum atomic E-state index is 14.0. The van der Waals surface area contributed by atoms with Gasteiger partial charge in [0.25, 0.3) is 11.8 Å². The second-order valence-electron chi connectivity index (χ2n) is 9.51. The van der Waals surface area contributed by atoms with Gasteiger partial charge < -0.3 is 9.30 Å². The fourth-order valence-corrected chi connectivity index (χ4v) is 5.46. The molecule has 5 aromatic rings. The Labute approximate surface area is 253 Å². The Hall–Kier alpha value is -4.98. The number of rotatable bonds is 6. The summed E-state index contributed by atoms with van der Waals surface area (Å²) in [4.78, 5) is 28.6. The van der Waals surface area contributed by atoms with Gasteiger partial charge in [-0.3, -0.25) is 14.9 Å². The van der Waals surface area contributed by atoms with Crippen LogP contribution in [-0.2, 0) is 9.59 Å². The quantitative estimate of drug-likeness (QED) is 0.128. The average molecular weight is 590 g/mol. The van der Waals surface area contributed by atoms with Crippen molar-refractivity contribution in [2.75, 3.05) is 12.0 Å². The predicted octanol–water partition coefficient (Wildman–Crippen LogP) is 7.30. The maximum Gasteiger partial charge on any atom is 0.270 e. The number of amides is 2. The Kier molecular flexibility index (Phi) is 7.44. The van der Waals surface area contributed by atoms with E-state index in [9.17, 15) is 9.59 Å². The molecule has 1 aromatic heterocycles. The lowest BCUT2D eigenvalue weighted by molar-refractivity contribution is -0.122. The molecule has 4 aromatic carbocycles. The number of nitrogens with one attached hydrogen (secondary N) is 1. The van der Waals surface area contributed by atoms with Gasteiger partial charge in [0.1, 0.15) is 11.3 Å². The molecule has 6 nitrogen and oxygen atoms in total. The number of nitrogens with zero attached hydrogens (tertiary/aromatic N) is 2. The molecule has 1 N–H and O–H groups in total. The molecule has 206 valence electrons. The number of carbonyl (C=O) groups excluding carboxylic acids is 2. The highest BCUT2D eigenvalue weighted by molar-refractivity contribution is 7.80. The van der Waals surface area contributed by atoms with Crippen LogP contribution < -0.4 is 15.0 Å². The number of para-hydroxylation sites is 2. The monoisotopic (exact) mass is 589 g/mol. The summed E-state index contributed by atoms with van der Waals surface area (Å²) in [6.45, 7) is 0. The zero-order valence-corrected chi connectivity index (χ0v) is 24.0. The van der Waals surface area contributed by atoms with Crippen LogP contribution in [0.25, 0.3) is 34.3 Å². The fourth-order valence-electron chi connectivity index (χ4n) is 5.06. The first kappa shape index (κ1) is 27.2. The molecule has 0 spiro atoms. The molecule has 42 heavy (non-hydrogen) atoms. The van der Waals surface area contributed by atoms with Gasteiger partial charge in [-0.25, -0.2) is 4.90 Å². The van der Waals surface area contributed by atoms with E-state index in [2.05, 4.69) is 9.88 Å². The van der Waals surface area contributed by atoms with Crippen LogP contribution in [0.2, 0.25) is 5.02 Å². The number of halogens is 1. The van der Waals surface area contributed by atoms with Gasteiger partial charge >= 0.3 is 0 Å². The van der Waals surface area contributed by atoms with Crippen molar-refractivity contribution in [2.24, 2.45) is 0 Å². The van der Waals surface area contributed by atoms with Crippen LogP contribution in [0, 0.1) is 0 Å². The van der Waals surface area contributed by atoms with Crippen LogP contribution in [0.4, 0.5) is 5.69 Å². The Morgan fingerprint density at radius 1 is 0.810 bits per heavy atom. The van der Waals surface area contributed by atoms with Gasteiger partial charge in [0.2, 0.25) is 0 Å². The van der Waals surface area contributed by atoms with E-state index in [0.717, 1.165) is 28.2 Å². The van der Waals surface area contributed by atoms with E-state index >= 15 is 0 Å². The first-order valence-corrected chi connectivity index (χ1v) is 13.9. The molecule has 1 aliphatic rings. The van der Waals surface area contributed by atoms with E-state index in [1.165, 1.54) is 12.0 Å². The number of ether oxygens (including phenoxy) is 1. The highest BCUT2D eigenvalue weighted by atomic mass is 35.5. The van der Waals surface area contributed by atoms with Crippen molar-refractivity contribution in [1.82, 2.24) is 9.88 Å². The summed E-state index contributed by atoms with van der Waals surface area (Å²) < 4.78 is 7.59. The van der Waals surface area contributed by atoms with E-state index < -0.39 is 11.8 Å². The smallest absolute Gasteiger partial charge is 0.270 e. The molecule has 0 atom stereocenters. The number of benzene rings is 4. The molecule has 0 aliphatic carbocycles. The van der Waals surface area contributed by atoms with Crippen molar-refractivity contribution in [2.45, 2.75) is 0 Å². The minimum atomic E-state index is -0.573. The number of carbonyl (C=O) groups is 2. The van der Waals surface area contributed by atoms with Gasteiger partial charge in [0, 0.05) is 16.3 Å². The third kappa shape index (κ3) is 5.00. The molecule has 0 saturated carbocycles. The van der Waals surface area contributed by atoms with Gasteiger partial charge in [-0.15, -0.1) is 0 Å². The van der Waals surface area contributed by atoms with Gasteiger partial charge in [-0.1, -0.05) is 84.4 Å². The lowest BCUT2D eigenvalue weighted by Gasteiger charge is -2.29. The Balaban J connectivity index is 1.60. The third-order valence-electron chi connectivity index (χ3n) is 6.96. The molecule has 1 fully saturated rings. The van der Waals surface area contributed by atoms with Gasteiger partial charge in [-0.2, -0.15) is 0 Å². The van der Waals surface area contributed by atoms with Crippen molar-refractivity contribution >= 4 is 52.5 Å². The van der Waals surface area contributed by atoms with Crippen LogP contribution in [0.5, 0.6) is 5.75 Å². The van der Waals surface area contributed by atoms with Gasteiger partial charge in [0.15, 0.2) is 5.11 Å². The number of anilines is 1. The topological polar surface area (TPSA) is 63.6 Å².